The van der Waals surface area contributed by atoms with Crippen LogP contribution in [0.1, 0.15) is 38.2 Å². The van der Waals surface area contributed by atoms with Crippen molar-refractivity contribution in [1.29, 1.82) is 0 Å². The standard InChI is InChI=1S/C12H15Cl/c1-12(2)8-7-10(12)9-5-3-4-6-11(9)13/h3-6,10H,7-8H2,1-2H3. The van der Waals surface area contributed by atoms with Crippen LogP contribution in [0, 0.1) is 5.41 Å². The molecule has 2 rings (SSSR count). The Hall–Kier alpha value is -0.490. The topological polar surface area (TPSA) is 0 Å². The molecular formula is C12H15Cl. The van der Waals surface area contributed by atoms with Crippen LogP contribution < -0.4 is 0 Å². The maximum Gasteiger partial charge on any atom is 0.0441 e. The van der Waals surface area contributed by atoms with Crippen LogP contribution in [-0.2, 0) is 0 Å². The zero-order valence-corrected chi connectivity index (χ0v) is 8.93. The molecule has 1 aromatic rings. The third-order valence-corrected chi connectivity index (χ3v) is 3.65. The number of benzene rings is 1. The van der Waals surface area contributed by atoms with Gasteiger partial charge in [0.1, 0.15) is 0 Å². The Labute approximate surface area is 84.9 Å². The Kier molecular flexibility index (Phi) is 2.11. The van der Waals surface area contributed by atoms with Crippen molar-refractivity contribution in [3.63, 3.8) is 0 Å². The van der Waals surface area contributed by atoms with Gasteiger partial charge in [0.15, 0.2) is 0 Å². The minimum atomic E-state index is 0.449. The molecule has 1 aromatic carbocycles. The van der Waals surface area contributed by atoms with Crippen molar-refractivity contribution in [1.82, 2.24) is 0 Å². The molecule has 1 saturated carbocycles. The van der Waals surface area contributed by atoms with E-state index in [9.17, 15) is 0 Å². The summed E-state index contributed by atoms with van der Waals surface area (Å²) < 4.78 is 0. The predicted molar refractivity (Wildman–Crippen MR) is 57.2 cm³/mol. The molecule has 1 unspecified atom stereocenters. The van der Waals surface area contributed by atoms with Gasteiger partial charge >= 0.3 is 0 Å². The van der Waals surface area contributed by atoms with Gasteiger partial charge in [0, 0.05) is 5.02 Å². The monoisotopic (exact) mass is 194 g/mol. The van der Waals surface area contributed by atoms with Crippen LogP contribution in [0.3, 0.4) is 0 Å². The van der Waals surface area contributed by atoms with E-state index in [1.165, 1.54) is 18.4 Å². The normalized spacial score (nSPS) is 25.3. The molecule has 1 aliphatic carbocycles. The fourth-order valence-electron chi connectivity index (χ4n) is 2.20. The van der Waals surface area contributed by atoms with Crippen molar-refractivity contribution >= 4 is 11.6 Å². The van der Waals surface area contributed by atoms with Crippen LogP contribution in [0.5, 0.6) is 0 Å². The summed E-state index contributed by atoms with van der Waals surface area (Å²) in [4.78, 5) is 0. The Morgan fingerprint density at radius 3 is 2.46 bits per heavy atom. The van der Waals surface area contributed by atoms with Crippen molar-refractivity contribution in [2.24, 2.45) is 5.41 Å². The molecule has 13 heavy (non-hydrogen) atoms. The third-order valence-electron chi connectivity index (χ3n) is 3.30. The molecule has 1 fully saturated rings. The van der Waals surface area contributed by atoms with E-state index >= 15 is 0 Å². The Bertz CT molecular complexity index is 315. The van der Waals surface area contributed by atoms with Crippen LogP contribution in [0.4, 0.5) is 0 Å². The van der Waals surface area contributed by atoms with Gasteiger partial charge in [-0.15, -0.1) is 0 Å². The SMILES string of the molecule is CC1(C)CCC1c1ccccc1Cl. The van der Waals surface area contributed by atoms with E-state index < -0.39 is 0 Å². The number of halogens is 1. The Balaban J connectivity index is 2.32. The zero-order valence-electron chi connectivity index (χ0n) is 8.18. The van der Waals surface area contributed by atoms with Gasteiger partial charge in [-0.1, -0.05) is 43.6 Å². The van der Waals surface area contributed by atoms with Crippen LogP contribution >= 0.6 is 11.6 Å². The fraction of sp³-hybridized carbons (Fsp3) is 0.500. The molecule has 0 saturated heterocycles. The molecule has 1 atom stereocenters. The molecule has 0 heterocycles. The first-order valence-electron chi connectivity index (χ1n) is 4.86. The maximum atomic E-state index is 6.16. The van der Waals surface area contributed by atoms with E-state index in [4.69, 9.17) is 11.6 Å². The minimum Gasteiger partial charge on any atom is -0.0840 e. The summed E-state index contributed by atoms with van der Waals surface area (Å²) >= 11 is 6.16. The van der Waals surface area contributed by atoms with Crippen LogP contribution in [0.15, 0.2) is 24.3 Å². The number of hydrogen-bond donors (Lipinski definition) is 0. The lowest BCUT2D eigenvalue weighted by molar-refractivity contribution is 0.140. The summed E-state index contributed by atoms with van der Waals surface area (Å²) in [6, 6.07) is 8.23. The molecule has 0 bridgehead atoms. The van der Waals surface area contributed by atoms with Gasteiger partial charge in [-0.2, -0.15) is 0 Å². The molecule has 70 valence electrons. The van der Waals surface area contributed by atoms with Crippen molar-refractivity contribution in [2.75, 3.05) is 0 Å². The Morgan fingerprint density at radius 1 is 1.31 bits per heavy atom. The lowest BCUT2D eigenvalue weighted by atomic mass is 9.60. The second kappa shape index (κ2) is 3.02. The molecule has 1 heteroatoms. The van der Waals surface area contributed by atoms with E-state index in [1.54, 1.807) is 0 Å². The van der Waals surface area contributed by atoms with Crippen LogP contribution in [0.25, 0.3) is 0 Å². The lowest BCUT2D eigenvalue weighted by Crippen LogP contribution is -2.32. The Morgan fingerprint density at radius 2 is 2.00 bits per heavy atom. The van der Waals surface area contributed by atoms with Crippen molar-refractivity contribution in [2.45, 2.75) is 32.6 Å². The first-order chi connectivity index (χ1) is 6.11. The molecule has 0 spiro atoms. The maximum absolute atomic E-state index is 6.16. The smallest absolute Gasteiger partial charge is 0.0441 e. The average Bonchev–Trinajstić information content (AvgIpc) is 2.07. The second-order valence-electron chi connectivity index (χ2n) is 4.60. The van der Waals surface area contributed by atoms with Crippen LogP contribution in [0.2, 0.25) is 5.02 Å². The summed E-state index contributed by atoms with van der Waals surface area (Å²) in [6.45, 7) is 4.65. The van der Waals surface area contributed by atoms with Crippen molar-refractivity contribution in [3.05, 3.63) is 34.9 Å². The fourth-order valence-corrected chi connectivity index (χ4v) is 2.47. The van der Waals surface area contributed by atoms with Gasteiger partial charge in [0.25, 0.3) is 0 Å². The first kappa shape index (κ1) is 9.08. The number of hydrogen-bond acceptors (Lipinski definition) is 0. The highest BCUT2D eigenvalue weighted by molar-refractivity contribution is 6.31. The van der Waals surface area contributed by atoms with Gasteiger partial charge in [-0.3, -0.25) is 0 Å². The molecule has 0 nitrogen and oxygen atoms in total. The molecule has 0 amide bonds. The molecule has 0 radical (unpaired) electrons. The van der Waals surface area contributed by atoms with E-state index in [0.717, 1.165) is 5.02 Å². The first-order valence-corrected chi connectivity index (χ1v) is 5.23. The largest absolute Gasteiger partial charge is 0.0840 e. The summed E-state index contributed by atoms with van der Waals surface area (Å²) in [5.74, 6) is 0.668. The quantitative estimate of drug-likeness (QED) is 0.627. The second-order valence-corrected chi connectivity index (χ2v) is 5.01. The highest BCUT2D eigenvalue weighted by atomic mass is 35.5. The van der Waals surface area contributed by atoms with Gasteiger partial charge < -0.3 is 0 Å². The van der Waals surface area contributed by atoms with E-state index in [1.807, 2.05) is 12.1 Å². The summed E-state index contributed by atoms with van der Waals surface area (Å²) in [7, 11) is 0. The molecule has 0 N–H and O–H groups in total. The van der Waals surface area contributed by atoms with Gasteiger partial charge in [0.05, 0.1) is 0 Å². The number of rotatable bonds is 1. The third kappa shape index (κ3) is 1.48. The van der Waals surface area contributed by atoms with Crippen LogP contribution in [-0.4, -0.2) is 0 Å². The predicted octanol–water partition coefficient (Wildman–Crippen LogP) is 4.24. The summed E-state index contributed by atoms with van der Waals surface area (Å²) in [6.07, 6.45) is 2.61. The highest BCUT2D eigenvalue weighted by Gasteiger charge is 2.39. The zero-order chi connectivity index (χ0) is 9.47. The molecule has 0 aliphatic heterocycles. The van der Waals surface area contributed by atoms with Crippen molar-refractivity contribution in [3.8, 4) is 0 Å². The molecular weight excluding hydrogens is 180 g/mol. The van der Waals surface area contributed by atoms with E-state index in [2.05, 4.69) is 26.0 Å². The average molecular weight is 195 g/mol. The molecule has 1 aliphatic rings. The van der Waals surface area contributed by atoms with Gasteiger partial charge in [0.2, 0.25) is 0 Å². The lowest BCUT2D eigenvalue weighted by Gasteiger charge is -2.45. The minimum absolute atomic E-state index is 0.449. The summed E-state index contributed by atoms with van der Waals surface area (Å²) in [5.41, 5.74) is 1.78. The van der Waals surface area contributed by atoms with Gasteiger partial charge in [-0.05, 0) is 35.8 Å². The van der Waals surface area contributed by atoms with Gasteiger partial charge in [-0.25, -0.2) is 0 Å². The van der Waals surface area contributed by atoms with E-state index in [0.29, 0.717) is 11.3 Å². The van der Waals surface area contributed by atoms with Crippen molar-refractivity contribution < 1.29 is 0 Å². The highest BCUT2D eigenvalue weighted by Crippen LogP contribution is 2.53. The summed E-state index contributed by atoms with van der Waals surface area (Å²) in [5, 5.41) is 0.931. The molecule has 0 aromatic heterocycles. The van der Waals surface area contributed by atoms with E-state index in [-0.39, 0.29) is 0 Å².